The number of piperidine rings is 1. The number of rotatable bonds is 2. The Bertz CT molecular complexity index is 169. The molecule has 0 amide bonds. The lowest BCUT2D eigenvalue weighted by atomic mass is 9.96. The van der Waals surface area contributed by atoms with Gasteiger partial charge in [-0.05, 0) is 31.8 Å². The lowest BCUT2D eigenvalue weighted by molar-refractivity contribution is -0.185. The van der Waals surface area contributed by atoms with Crippen LogP contribution in [0, 0.1) is 11.8 Å². The van der Waals surface area contributed by atoms with E-state index in [4.69, 9.17) is 0 Å². The molecule has 0 spiro atoms. The van der Waals surface area contributed by atoms with Crippen LogP contribution in [0.25, 0.3) is 0 Å². The van der Waals surface area contributed by atoms with Gasteiger partial charge in [0.05, 0.1) is 5.92 Å². The van der Waals surface area contributed by atoms with Gasteiger partial charge in [0.25, 0.3) is 0 Å². The number of halogens is 3. The highest BCUT2D eigenvalue weighted by Gasteiger charge is 2.40. The molecule has 0 aliphatic carbocycles. The van der Waals surface area contributed by atoms with Gasteiger partial charge < -0.3 is 4.90 Å². The summed E-state index contributed by atoms with van der Waals surface area (Å²) in [6, 6.07) is 0. The lowest BCUT2D eigenvalue weighted by Gasteiger charge is -2.33. The summed E-state index contributed by atoms with van der Waals surface area (Å²) in [4.78, 5) is 2.13. The molecule has 0 unspecified atom stereocenters. The molecule has 1 rings (SSSR count). The molecule has 0 aromatic rings. The van der Waals surface area contributed by atoms with E-state index < -0.39 is 12.1 Å². The zero-order valence-electron chi connectivity index (χ0n) is 8.77. The molecule has 0 atom stereocenters. The van der Waals surface area contributed by atoms with Crippen molar-refractivity contribution in [3.63, 3.8) is 0 Å². The minimum absolute atomic E-state index is 0.274. The van der Waals surface area contributed by atoms with Gasteiger partial charge in [-0.25, -0.2) is 0 Å². The third-order valence-corrected chi connectivity index (χ3v) is 2.67. The summed E-state index contributed by atoms with van der Waals surface area (Å²) in [5, 5.41) is 0. The van der Waals surface area contributed by atoms with Gasteiger partial charge in [-0.2, -0.15) is 13.2 Å². The zero-order valence-corrected chi connectivity index (χ0v) is 8.77. The Labute approximate surface area is 83.3 Å². The first-order valence-electron chi connectivity index (χ1n) is 5.18. The first-order chi connectivity index (χ1) is 6.39. The average molecular weight is 209 g/mol. The maximum atomic E-state index is 12.3. The lowest BCUT2D eigenvalue weighted by Crippen LogP contribution is -2.40. The van der Waals surface area contributed by atoms with Crippen LogP contribution in [0.5, 0.6) is 0 Å². The van der Waals surface area contributed by atoms with Crippen LogP contribution in [0.15, 0.2) is 0 Å². The van der Waals surface area contributed by atoms with Crippen LogP contribution in [0.2, 0.25) is 0 Å². The Morgan fingerprint density at radius 3 is 2.07 bits per heavy atom. The minimum atomic E-state index is -3.98. The van der Waals surface area contributed by atoms with Gasteiger partial charge in [0, 0.05) is 6.54 Å². The quantitative estimate of drug-likeness (QED) is 0.676. The Morgan fingerprint density at radius 2 is 1.71 bits per heavy atom. The second kappa shape index (κ2) is 4.51. The number of hydrogen-bond acceptors (Lipinski definition) is 1. The van der Waals surface area contributed by atoms with E-state index >= 15 is 0 Å². The van der Waals surface area contributed by atoms with E-state index in [1.807, 2.05) is 0 Å². The molecule has 84 valence electrons. The fourth-order valence-electron chi connectivity index (χ4n) is 1.96. The molecule has 0 radical (unpaired) electrons. The third-order valence-electron chi connectivity index (χ3n) is 2.67. The van der Waals surface area contributed by atoms with Gasteiger partial charge in [-0.1, -0.05) is 13.8 Å². The molecule has 1 heterocycles. The highest BCUT2D eigenvalue weighted by Crippen LogP contribution is 2.34. The van der Waals surface area contributed by atoms with Crippen LogP contribution in [-0.2, 0) is 0 Å². The Morgan fingerprint density at radius 1 is 1.21 bits per heavy atom. The Kier molecular flexibility index (Phi) is 3.81. The third kappa shape index (κ3) is 3.48. The molecule has 1 nitrogen and oxygen atoms in total. The van der Waals surface area contributed by atoms with E-state index in [0.29, 0.717) is 19.0 Å². The smallest absolute Gasteiger partial charge is 0.303 e. The maximum absolute atomic E-state index is 12.3. The van der Waals surface area contributed by atoms with Crippen molar-refractivity contribution in [2.24, 2.45) is 11.8 Å². The van der Waals surface area contributed by atoms with Gasteiger partial charge in [0.15, 0.2) is 0 Å². The predicted molar refractivity (Wildman–Crippen MR) is 50.1 cm³/mol. The van der Waals surface area contributed by atoms with Crippen LogP contribution in [0.4, 0.5) is 13.2 Å². The summed E-state index contributed by atoms with van der Waals surface area (Å²) in [7, 11) is 0. The topological polar surface area (TPSA) is 3.24 Å². The highest BCUT2D eigenvalue weighted by molar-refractivity contribution is 4.77. The van der Waals surface area contributed by atoms with E-state index in [1.54, 1.807) is 0 Å². The minimum Gasteiger partial charge on any atom is -0.303 e. The molecule has 0 aromatic carbocycles. The summed E-state index contributed by atoms with van der Waals surface area (Å²) in [6.07, 6.45) is -3.43. The fraction of sp³-hybridized carbons (Fsp3) is 1.00. The van der Waals surface area contributed by atoms with Crippen molar-refractivity contribution in [2.45, 2.75) is 32.9 Å². The van der Waals surface area contributed by atoms with Gasteiger partial charge >= 0.3 is 6.18 Å². The van der Waals surface area contributed by atoms with E-state index in [2.05, 4.69) is 18.7 Å². The van der Waals surface area contributed by atoms with Gasteiger partial charge in [-0.3, -0.25) is 0 Å². The molecule has 4 heteroatoms. The van der Waals surface area contributed by atoms with Crippen molar-refractivity contribution in [3.05, 3.63) is 0 Å². The SMILES string of the molecule is CC(C)CN1CCC(C(F)(F)F)CC1. The maximum Gasteiger partial charge on any atom is 0.391 e. The monoisotopic (exact) mass is 209 g/mol. The standard InChI is InChI=1S/C10H18F3N/c1-8(2)7-14-5-3-9(4-6-14)10(11,12)13/h8-9H,3-7H2,1-2H3. The molecule has 0 saturated carbocycles. The molecule has 14 heavy (non-hydrogen) atoms. The predicted octanol–water partition coefficient (Wildman–Crippen LogP) is 2.92. The van der Waals surface area contributed by atoms with Gasteiger partial charge in [0.1, 0.15) is 0 Å². The van der Waals surface area contributed by atoms with Crippen LogP contribution in [0.1, 0.15) is 26.7 Å². The van der Waals surface area contributed by atoms with Crippen molar-refractivity contribution >= 4 is 0 Å². The van der Waals surface area contributed by atoms with Crippen LogP contribution < -0.4 is 0 Å². The number of alkyl halides is 3. The summed E-state index contributed by atoms with van der Waals surface area (Å²) in [5.74, 6) is -0.525. The number of likely N-dealkylation sites (tertiary alicyclic amines) is 1. The van der Waals surface area contributed by atoms with Crippen molar-refractivity contribution < 1.29 is 13.2 Å². The number of nitrogens with zero attached hydrogens (tertiary/aromatic N) is 1. The van der Waals surface area contributed by atoms with Gasteiger partial charge in [0.2, 0.25) is 0 Å². The Hall–Kier alpha value is -0.250. The Balaban J connectivity index is 2.31. The molecular weight excluding hydrogens is 191 g/mol. The van der Waals surface area contributed by atoms with Crippen LogP contribution in [-0.4, -0.2) is 30.7 Å². The zero-order chi connectivity index (χ0) is 10.8. The number of hydrogen-bond donors (Lipinski definition) is 0. The van der Waals surface area contributed by atoms with E-state index in [-0.39, 0.29) is 12.8 Å². The summed E-state index contributed by atoms with van der Waals surface area (Å²) in [5.41, 5.74) is 0. The van der Waals surface area contributed by atoms with Crippen molar-refractivity contribution in [1.82, 2.24) is 4.90 Å². The molecule has 0 N–H and O–H groups in total. The first-order valence-corrected chi connectivity index (χ1v) is 5.18. The molecule has 0 bridgehead atoms. The van der Waals surface area contributed by atoms with Crippen LogP contribution >= 0.6 is 0 Å². The normalized spacial score (nSPS) is 21.9. The molecular formula is C10H18F3N. The van der Waals surface area contributed by atoms with E-state index in [0.717, 1.165) is 6.54 Å². The molecule has 0 aromatic heterocycles. The van der Waals surface area contributed by atoms with Crippen LogP contribution in [0.3, 0.4) is 0 Å². The van der Waals surface area contributed by atoms with E-state index in [9.17, 15) is 13.2 Å². The second-order valence-electron chi connectivity index (χ2n) is 4.51. The molecule has 1 fully saturated rings. The largest absolute Gasteiger partial charge is 0.391 e. The second-order valence-corrected chi connectivity index (χ2v) is 4.51. The van der Waals surface area contributed by atoms with Crippen molar-refractivity contribution in [2.75, 3.05) is 19.6 Å². The fourth-order valence-corrected chi connectivity index (χ4v) is 1.96. The summed E-state index contributed by atoms with van der Waals surface area (Å²) < 4.78 is 36.9. The van der Waals surface area contributed by atoms with Crippen molar-refractivity contribution in [1.29, 1.82) is 0 Å². The molecule has 1 aliphatic rings. The average Bonchev–Trinajstić information content (AvgIpc) is 2.02. The van der Waals surface area contributed by atoms with Crippen molar-refractivity contribution in [3.8, 4) is 0 Å². The highest BCUT2D eigenvalue weighted by atomic mass is 19.4. The van der Waals surface area contributed by atoms with E-state index in [1.165, 1.54) is 0 Å². The van der Waals surface area contributed by atoms with Gasteiger partial charge in [-0.15, -0.1) is 0 Å². The summed E-state index contributed by atoms with van der Waals surface area (Å²) in [6.45, 7) is 6.31. The first kappa shape index (κ1) is 11.8. The summed E-state index contributed by atoms with van der Waals surface area (Å²) >= 11 is 0. The molecule has 1 saturated heterocycles. The molecule has 1 aliphatic heterocycles.